The van der Waals surface area contributed by atoms with Crippen LogP contribution in [-0.4, -0.2) is 13.1 Å². The van der Waals surface area contributed by atoms with Gasteiger partial charge in [0.15, 0.2) is 0 Å². The van der Waals surface area contributed by atoms with Crippen LogP contribution in [0.25, 0.3) is 0 Å². The molecule has 2 N–H and O–H groups in total. The minimum absolute atomic E-state index is 0.400. The third-order valence-electron chi connectivity index (χ3n) is 5.41. The molecule has 1 saturated carbocycles. The normalized spacial score (nSPS) is 25.2. The van der Waals surface area contributed by atoms with Gasteiger partial charge < -0.3 is 5.32 Å². The molecule has 23 heavy (non-hydrogen) atoms. The van der Waals surface area contributed by atoms with Gasteiger partial charge in [-0.2, -0.15) is 0 Å². The van der Waals surface area contributed by atoms with Crippen LogP contribution in [0.2, 0.25) is 0 Å². The number of fused-ring (bicyclic) bond motifs is 1. The zero-order chi connectivity index (χ0) is 16.4. The van der Waals surface area contributed by atoms with Gasteiger partial charge in [-0.25, -0.2) is 0 Å². The molecule has 1 heterocycles. The first-order valence-corrected chi connectivity index (χ1v) is 9.73. The standard InChI is InChI=1S/C16H22N2S.C4H10/c19-18-15-14-9-12(11-1-2-11)3-4-13(14)10-16(15)5-7-17-8-6-16;1-4(2)3/h3-4,9,11,15,17-19H,1-2,5-8,10H2;4H,1-3H3. The van der Waals surface area contributed by atoms with Crippen molar-refractivity contribution >= 4 is 12.8 Å². The van der Waals surface area contributed by atoms with Gasteiger partial charge in [-0.3, -0.25) is 4.72 Å². The summed E-state index contributed by atoms with van der Waals surface area (Å²) in [6.07, 6.45) is 6.52. The Morgan fingerprint density at radius 2 is 1.83 bits per heavy atom. The monoisotopic (exact) mass is 332 g/mol. The summed E-state index contributed by atoms with van der Waals surface area (Å²) in [5.41, 5.74) is 5.04. The number of rotatable bonds is 2. The number of hydrogen-bond acceptors (Lipinski definition) is 3. The number of nitrogens with one attached hydrogen (secondary N) is 2. The third-order valence-corrected chi connectivity index (χ3v) is 5.67. The molecule has 128 valence electrons. The van der Waals surface area contributed by atoms with Crippen LogP contribution in [0, 0.1) is 11.3 Å². The zero-order valence-electron chi connectivity index (χ0n) is 14.9. The fourth-order valence-electron chi connectivity index (χ4n) is 4.12. The summed E-state index contributed by atoms with van der Waals surface area (Å²) in [6.45, 7) is 8.80. The van der Waals surface area contributed by atoms with E-state index >= 15 is 0 Å². The Bertz CT molecular complexity index is 528. The van der Waals surface area contributed by atoms with E-state index in [1.54, 1.807) is 11.1 Å². The van der Waals surface area contributed by atoms with Gasteiger partial charge in [-0.15, -0.1) is 0 Å². The van der Waals surface area contributed by atoms with E-state index in [4.69, 9.17) is 0 Å². The second-order valence-corrected chi connectivity index (χ2v) is 8.57. The van der Waals surface area contributed by atoms with Crippen molar-refractivity contribution in [2.24, 2.45) is 11.3 Å². The summed E-state index contributed by atoms with van der Waals surface area (Å²) in [7, 11) is 0. The van der Waals surface area contributed by atoms with Crippen LogP contribution < -0.4 is 10.0 Å². The highest BCUT2D eigenvalue weighted by Crippen LogP contribution is 2.52. The van der Waals surface area contributed by atoms with E-state index < -0.39 is 0 Å². The molecule has 3 heteroatoms. The highest BCUT2D eigenvalue weighted by atomic mass is 32.1. The average molecular weight is 333 g/mol. The van der Waals surface area contributed by atoms with Crippen molar-refractivity contribution in [1.29, 1.82) is 0 Å². The van der Waals surface area contributed by atoms with Gasteiger partial charge in [0.05, 0.1) is 0 Å². The molecule has 1 spiro atoms. The van der Waals surface area contributed by atoms with Crippen LogP contribution in [0.4, 0.5) is 0 Å². The van der Waals surface area contributed by atoms with Crippen LogP contribution in [0.15, 0.2) is 18.2 Å². The van der Waals surface area contributed by atoms with Gasteiger partial charge in [0.1, 0.15) is 0 Å². The second kappa shape index (κ2) is 7.16. The smallest absolute Gasteiger partial charge is 0.0482 e. The summed E-state index contributed by atoms with van der Waals surface area (Å²) in [6, 6.07) is 7.66. The van der Waals surface area contributed by atoms with Crippen LogP contribution in [0.5, 0.6) is 0 Å². The van der Waals surface area contributed by atoms with Crippen LogP contribution >= 0.6 is 12.8 Å². The van der Waals surface area contributed by atoms with E-state index in [-0.39, 0.29) is 0 Å². The highest BCUT2D eigenvalue weighted by Gasteiger charge is 2.46. The van der Waals surface area contributed by atoms with Gasteiger partial charge >= 0.3 is 0 Å². The number of benzene rings is 1. The summed E-state index contributed by atoms with van der Waals surface area (Å²) < 4.78 is 3.33. The summed E-state index contributed by atoms with van der Waals surface area (Å²) in [5.74, 6) is 1.68. The van der Waals surface area contributed by atoms with Crippen molar-refractivity contribution in [1.82, 2.24) is 10.0 Å². The molecule has 2 nitrogen and oxygen atoms in total. The van der Waals surface area contributed by atoms with E-state index in [1.807, 2.05) is 0 Å². The molecule has 3 aliphatic rings. The second-order valence-electron chi connectivity index (χ2n) is 8.32. The predicted molar refractivity (Wildman–Crippen MR) is 102 cm³/mol. The molecule has 1 aromatic carbocycles. The Hall–Kier alpha value is -0.510. The summed E-state index contributed by atoms with van der Waals surface area (Å²) in [4.78, 5) is 0. The highest BCUT2D eigenvalue weighted by molar-refractivity contribution is 7.78. The molecule has 1 unspecified atom stereocenters. The maximum absolute atomic E-state index is 4.46. The lowest BCUT2D eigenvalue weighted by Crippen LogP contribution is -2.42. The summed E-state index contributed by atoms with van der Waals surface area (Å²) in [5, 5.41) is 3.49. The largest absolute Gasteiger partial charge is 0.317 e. The van der Waals surface area contributed by atoms with E-state index in [1.165, 1.54) is 37.7 Å². The van der Waals surface area contributed by atoms with Crippen molar-refractivity contribution in [3.05, 3.63) is 34.9 Å². The van der Waals surface area contributed by atoms with E-state index in [0.717, 1.165) is 24.9 Å². The Morgan fingerprint density at radius 3 is 2.39 bits per heavy atom. The van der Waals surface area contributed by atoms with Crippen molar-refractivity contribution in [2.75, 3.05) is 13.1 Å². The molecule has 1 atom stereocenters. The van der Waals surface area contributed by atoms with Gasteiger partial charge in [0, 0.05) is 6.04 Å². The minimum atomic E-state index is 0.400. The fourth-order valence-corrected chi connectivity index (χ4v) is 4.53. The Balaban J connectivity index is 0.000000354. The third kappa shape index (κ3) is 3.78. The molecule has 1 aliphatic heterocycles. The van der Waals surface area contributed by atoms with Crippen molar-refractivity contribution in [2.45, 2.75) is 64.8 Å². The van der Waals surface area contributed by atoms with Crippen LogP contribution in [0.1, 0.15) is 75.1 Å². The minimum Gasteiger partial charge on any atom is -0.317 e. The van der Waals surface area contributed by atoms with E-state index in [0.29, 0.717) is 11.5 Å². The SMILES string of the molecule is CC(C)C.SNC1c2cc(C3CC3)ccc2CC12CCNCC2. The van der Waals surface area contributed by atoms with Gasteiger partial charge in [-0.05, 0) is 79.1 Å². The first-order valence-electron chi connectivity index (χ1n) is 9.29. The van der Waals surface area contributed by atoms with Crippen molar-refractivity contribution in [3.8, 4) is 0 Å². The van der Waals surface area contributed by atoms with Crippen LogP contribution in [-0.2, 0) is 6.42 Å². The van der Waals surface area contributed by atoms with Gasteiger partial charge in [0.25, 0.3) is 0 Å². The number of thiol groups is 1. The molecule has 0 amide bonds. The lowest BCUT2D eigenvalue weighted by atomic mass is 9.73. The molecule has 0 bridgehead atoms. The molecule has 0 aromatic heterocycles. The lowest BCUT2D eigenvalue weighted by molar-refractivity contribution is 0.166. The molecule has 1 aromatic rings. The number of hydrogen-bond donors (Lipinski definition) is 3. The van der Waals surface area contributed by atoms with Gasteiger partial charge in [0.2, 0.25) is 0 Å². The molecular weight excluding hydrogens is 300 g/mol. The fraction of sp³-hybridized carbons (Fsp3) is 0.700. The summed E-state index contributed by atoms with van der Waals surface area (Å²) >= 11 is 4.46. The zero-order valence-corrected chi connectivity index (χ0v) is 15.8. The van der Waals surface area contributed by atoms with E-state index in [9.17, 15) is 0 Å². The van der Waals surface area contributed by atoms with E-state index in [2.05, 4.69) is 61.8 Å². The molecular formula is C20H32N2S. The Morgan fingerprint density at radius 1 is 1.17 bits per heavy atom. The Labute approximate surface area is 147 Å². The quantitative estimate of drug-likeness (QED) is 0.688. The van der Waals surface area contributed by atoms with Crippen molar-refractivity contribution in [3.63, 3.8) is 0 Å². The molecule has 1 saturated heterocycles. The maximum atomic E-state index is 4.46. The molecule has 2 aliphatic carbocycles. The first kappa shape index (κ1) is 17.3. The molecule has 2 fully saturated rings. The van der Waals surface area contributed by atoms with Crippen LogP contribution in [0.3, 0.4) is 0 Å². The van der Waals surface area contributed by atoms with Crippen molar-refractivity contribution < 1.29 is 0 Å². The van der Waals surface area contributed by atoms with Gasteiger partial charge in [-0.1, -0.05) is 51.8 Å². The average Bonchev–Trinajstić information content (AvgIpc) is 3.31. The topological polar surface area (TPSA) is 24.1 Å². The Kier molecular flexibility index (Phi) is 5.39. The first-order chi connectivity index (χ1) is 11.1. The molecule has 0 radical (unpaired) electrons. The molecule has 4 rings (SSSR count). The maximum Gasteiger partial charge on any atom is 0.0482 e. The lowest BCUT2D eigenvalue weighted by Gasteiger charge is -2.39. The predicted octanol–water partition coefficient (Wildman–Crippen LogP) is 4.63. The number of piperidine rings is 1.